The average Bonchev–Trinajstić information content (AvgIpc) is 2.66. The van der Waals surface area contributed by atoms with Crippen molar-refractivity contribution in [3.05, 3.63) is 36.3 Å². The number of nitrogens with one attached hydrogen (secondary N) is 1. The van der Waals surface area contributed by atoms with Crippen LogP contribution in [0.5, 0.6) is 0 Å². The van der Waals surface area contributed by atoms with Crippen molar-refractivity contribution in [1.82, 2.24) is 9.71 Å². The summed E-state index contributed by atoms with van der Waals surface area (Å²) in [6.07, 6.45) is 3.19. The first-order chi connectivity index (χ1) is 12.9. The van der Waals surface area contributed by atoms with Crippen LogP contribution in [0.2, 0.25) is 0 Å². The van der Waals surface area contributed by atoms with E-state index in [1.165, 1.54) is 25.3 Å². The predicted molar refractivity (Wildman–Crippen MR) is 96.0 cm³/mol. The van der Waals surface area contributed by atoms with Crippen LogP contribution >= 0.6 is 0 Å². The molecule has 1 aromatic carbocycles. The van der Waals surface area contributed by atoms with Gasteiger partial charge >= 0.3 is 0 Å². The maximum Gasteiger partial charge on any atom is 0.264 e. The van der Waals surface area contributed by atoms with E-state index in [9.17, 15) is 17.6 Å². The number of sulfonamides is 1. The summed E-state index contributed by atoms with van der Waals surface area (Å²) in [6.45, 7) is 2.35. The Morgan fingerprint density at radius 1 is 1.41 bits per heavy atom. The summed E-state index contributed by atoms with van der Waals surface area (Å²) in [5, 5.41) is 0.0991. The molecular formula is C18H21FN2O5S. The minimum absolute atomic E-state index is 0.0773. The first kappa shape index (κ1) is 19.7. The van der Waals surface area contributed by atoms with Gasteiger partial charge in [0.2, 0.25) is 0 Å². The van der Waals surface area contributed by atoms with E-state index in [4.69, 9.17) is 9.47 Å². The lowest BCUT2D eigenvalue weighted by Crippen LogP contribution is -2.40. The van der Waals surface area contributed by atoms with Gasteiger partial charge in [-0.1, -0.05) is 0 Å². The second-order valence-electron chi connectivity index (χ2n) is 6.38. The lowest BCUT2D eigenvalue weighted by molar-refractivity contribution is -0.133. The Kier molecular flexibility index (Phi) is 6.03. The predicted octanol–water partition coefficient (Wildman–Crippen LogP) is 2.15. The summed E-state index contributed by atoms with van der Waals surface area (Å²) in [4.78, 5) is 15.9. The average molecular weight is 396 g/mol. The van der Waals surface area contributed by atoms with Gasteiger partial charge < -0.3 is 9.47 Å². The Balaban J connectivity index is 1.70. The fourth-order valence-electron chi connectivity index (χ4n) is 2.88. The van der Waals surface area contributed by atoms with Gasteiger partial charge in [0.1, 0.15) is 17.4 Å². The monoisotopic (exact) mass is 396 g/mol. The first-order valence-electron chi connectivity index (χ1n) is 8.71. The van der Waals surface area contributed by atoms with Gasteiger partial charge in [0.15, 0.2) is 0 Å². The Labute approximate surface area is 156 Å². The van der Waals surface area contributed by atoms with Crippen molar-refractivity contribution in [2.75, 3.05) is 13.2 Å². The van der Waals surface area contributed by atoms with Crippen LogP contribution in [0.15, 0.2) is 35.4 Å². The first-order valence-corrected chi connectivity index (χ1v) is 10.2. The molecule has 1 aliphatic heterocycles. The molecule has 0 saturated carbocycles. The molecule has 0 aliphatic carbocycles. The third kappa shape index (κ3) is 4.60. The summed E-state index contributed by atoms with van der Waals surface area (Å²) in [5.41, 5.74) is -0.0773. The number of pyridine rings is 1. The maximum absolute atomic E-state index is 13.8. The van der Waals surface area contributed by atoms with Crippen molar-refractivity contribution in [1.29, 1.82) is 0 Å². The number of fused-ring (bicyclic) bond motifs is 1. The summed E-state index contributed by atoms with van der Waals surface area (Å²) >= 11 is 0. The van der Waals surface area contributed by atoms with Gasteiger partial charge in [0.25, 0.3) is 15.9 Å². The molecule has 1 amide bonds. The van der Waals surface area contributed by atoms with Gasteiger partial charge in [-0.3, -0.25) is 9.78 Å². The molecule has 27 heavy (non-hydrogen) atoms. The zero-order chi connectivity index (χ0) is 19.4. The molecule has 1 aliphatic rings. The van der Waals surface area contributed by atoms with E-state index < -0.39 is 27.9 Å². The number of ether oxygens (including phenoxy) is 2. The van der Waals surface area contributed by atoms with E-state index in [1.807, 2.05) is 4.72 Å². The van der Waals surface area contributed by atoms with E-state index in [0.717, 1.165) is 31.4 Å². The summed E-state index contributed by atoms with van der Waals surface area (Å²) < 4.78 is 52.0. The van der Waals surface area contributed by atoms with Gasteiger partial charge in [-0.25, -0.2) is 17.5 Å². The number of amides is 1. The summed E-state index contributed by atoms with van der Waals surface area (Å²) in [6, 6.07) is 5.05. The molecule has 2 aromatic rings. The third-order valence-electron chi connectivity index (χ3n) is 4.38. The number of carbonyl (C=O) groups excluding carboxylic acids is 1. The minimum Gasteiger partial charge on any atom is -0.376 e. The van der Waals surface area contributed by atoms with Gasteiger partial charge in [-0.2, -0.15) is 0 Å². The smallest absolute Gasteiger partial charge is 0.264 e. The SMILES string of the molecule is C[C@H](OC[C@H]1CCCCO1)C(=O)NS(=O)(=O)c1ccc(F)c2ncccc12. The number of aromatic nitrogens is 1. The molecular weight excluding hydrogens is 375 g/mol. The van der Waals surface area contributed by atoms with Gasteiger partial charge in [0, 0.05) is 18.2 Å². The van der Waals surface area contributed by atoms with Crippen LogP contribution in [0.4, 0.5) is 4.39 Å². The topological polar surface area (TPSA) is 94.6 Å². The van der Waals surface area contributed by atoms with E-state index in [2.05, 4.69) is 4.98 Å². The van der Waals surface area contributed by atoms with E-state index in [1.54, 1.807) is 0 Å². The van der Waals surface area contributed by atoms with Crippen molar-refractivity contribution in [3.8, 4) is 0 Å². The number of halogens is 1. The molecule has 9 heteroatoms. The number of benzene rings is 1. The van der Waals surface area contributed by atoms with Crippen LogP contribution in [0.1, 0.15) is 26.2 Å². The normalized spacial score (nSPS) is 19.0. The molecule has 1 fully saturated rings. The Hall–Kier alpha value is -2.10. The molecule has 0 bridgehead atoms. The highest BCUT2D eigenvalue weighted by molar-refractivity contribution is 7.90. The second-order valence-corrected chi connectivity index (χ2v) is 8.03. The molecule has 0 unspecified atom stereocenters. The van der Waals surface area contributed by atoms with Crippen molar-refractivity contribution in [2.24, 2.45) is 0 Å². The summed E-state index contributed by atoms with van der Waals surface area (Å²) in [5.74, 6) is -1.44. The van der Waals surface area contributed by atoms with Crippen LogP contribution in [-0.4, -0.2) is 44.7 Å². The number of hydrogen-bond acceptors (Lipinski definition) is 6. The quantitative estimate of drug-likeness (QED) is 0.804. The zero-order valence-electron chi connectivity index (χ0n) is 14.9. The molecule has 0 radical (unpaired) electrons. The molecule has 0 spiro atoms. The Morgan fingerprint density at radius 3 is 2.96 bits per heavy atom. The highest BCUT2D eigenvalue weighted by atomic mass is 32.2. The van der Waals surface area contributed by atoms with Crippen molar-refractivity contribution in [2.45, 2.75) is 43.3 Å². The van der Waals surface area contributed by atoms with Gasteiger partial charge in [-0.15, -0.1) is 0 Å². The molecule has 1 aromatic heterocycles. The van der Waals surface area contributed by atoms with Crippen LogP contribution in [0, 0.1) is 5.82 Å². The lowest BCUT2D eigenvalue weighted by atomic mass is 10.1. The van der Waals surface area contributed by atoms with Crippen LogP contribution in [-0.2, 0) is 24.3 Å². The Morgan fingerprint density at radius 2 is 2.22 bits per heavy atom. The molecule has 7 nitrogen and oxygen atoms in total. The molecule has 2 heterocycles. The van der Waals surface area contributed by atoms with E-state index >= 15 is 0 Å². The van der Waals surface area contributed by atoms with Crippen LogP contribution < -0.4 is 4.72 Å². The molecule has 2 atom stereocenters. The summed E-state index contributed by atoms with van der Waals surface area (Å²) in [7, 11) is -4.21. The van der Waals surface area contributed by atoms with Gasteiger partial charge in [0.05, 0.1) is 17.6 Å². The standard InChI is InChI=1S/C18H21FN2O5S/c1-12(26-11-13-5-2-3-10-25-13)18(22)21-27(23,24)16-8-7-15(19)17-14(16)6-4-9-20-17/h4,6-9,12-13H,2-3,5,10-11H2,1H3,(H,21,22)/t12-,13+/m0/s1. The van der Waals surface area contributed by atoms with E-state index in [-0.39, 0.29) is 28.5 Å². The molecule has 146 valence electrons. The van der Waals surface area contributed by atoms with Gasteiger partial charge in [-0.05, 0) is 50.5 Å². The number of hydrogen-bond donors (Lipinski definition) is 1. The molecule has 3 rings (SSSR count). The highest BCUT2D eigenvalue weighted by Gasteiger charge is 2.26. The fourth-order valence-corrected chi connectivity index (χ4v) is 4.13. The Bertz CT molecular complexity index is 928. The van der Waals surface area contributed by atoms with Crippen molar-refractivity contribution >= 4 is 26.8 Å². The van der Waals surface area contributed by atoms with Crippen molar-refractivity contribution in [3.63, 3.8) is 0 Å². The molecule has 1 N–H and O–H groups in total. The zero-order valence-corrected chi connectivity index (χ0v) is 15.7. The minimum atomic E-state index is -4.21. The largest absolute Gasteiger partial charge is 0.376 e. The number of rotatable bonds is 6. The third-order valence-corrected chi connectivity index (χ3v) is 5.79. The van der Waals surface area contributed by atoms with Crippen LogP contribution in [0.25, 0.3) is 10.9 Å². The maximum atomic E-state index is 13.8. The molecule has 1 saturated heterocycles. The van der Waals surface area contributed by atoms with Crippen LogP contribution in [0.3, 0.4) is 0 Å². The number of nitrogens with zero attached hydrogens (tertiary/aromatic N) is 1. The lowest BCUT2D eigenvalue weighted by Gasteiger charge is -2.23. The second kappa shape index (κ2) is 8.28. The number of carbonyl (C=O) groups is 1. The van der Waals surface area contributed by atoms with Crippen molar-refractivity contribution < 1.29 is 27.1 Å². The van der Waals surface area contributed by atoms with E-state index in [0.29, 0.717) is 6.61 Å². The highest BCUT2D eigenvalue weighted by Crippen LogP contribution is 2.23. The fraction of sp³-hybridized carbons (Fsp3) is 0.444.